The van der Waals surface area contributed by atoms with Crippen molar-refractivity contribution in [3.63, 3.8) is 0 Å². The first-order chi connectivity index (χ1) is 10.1. The third-order valence-corrected chi connectivity index (χ3v) is 3.75. The molecule has 3 rings (SSSR count). The van der Waals surface area contributed by atoms with Crippen LogP contribution < -0.4 is 10.1 Å². The van der Waals surface area contributed by atoms with Gasteiger partial charge in [-0.1, -0.05) is 23.8 Å². The van der Waals surface area contributed by atoms with E-state index in [2.05, 4.69) is 18.3 Å². The summed E-state index contributed by atoms with van der Waals surface area (Å²) in [6.45, 7) is 4.60. The maximum absolute atomic E-state index is 13.6. The lowest BCUT2D eigenvalue weighted by molar-refractivity contribution is 0.466. The Morgan fingerprint density at radius 3 is 2.67 bits per heavy atom. The summed E-state index contributed by atoms with van der Waals surface area (Å²) in [5, 5.41) is 3.49. The number of benzene rings is 2. The van der Waals surface area contributed by atoms with Crippen molar-refractivity contribution < 1.29 is 9.13 Å². The van der Waals surface area contributed by atoms with Crippen molar-refractivity contribution in [2.24, 2.45) is 0 Å². The summed E-state index contributed by atoms with van der Waals surface area (Å²) < 4.78 is 19.5. The molecule has 21 heavy (non-hydrogen) atoms. The first kappa shape index (κ1) is 14.1. The summed E-state index contributed by atoms with van der Waals surface area (Å²) in [6, 6.07) is 11.7. The van der Waals surface area contributed by atoms with Gasteiger partial charge in [-0.2, -0.15) is 0 Å². The van der Waals surface area contributed by atoms with Crippen LogP contribution in [0.5, 0.6) is 11.5 Å². The van der Waals surface area contributed by atoms with Gasteiger partial charge in [-0.3, -0.25) is 0 Å². The van der Waals surface area contributed by atoms with E-state index in [1.165, 1.54) is 24.5 Å². The normalized spacial score (nSPS) is 14.2. The van der Waals surface area contributed by atoms with Crippen molar-refractivity contribution in [3.05, 3.63) is 58.9 Å². The number of hydrogen-bond donors (Lipinski definition) is 1. The molecule has 1 fully saturated rings. The number of halogens is 1. The van der Waals surface area contributed by atoms with Crippen molar-refractivity contribution in [1.29, 1.82) is 0 Å². The highest BCUT2D eigenvalue weighted by molar-refractivity contribution is 5.41. The van der Waals surface area contributed by atoms with E-state index in [1.54, 1.807) is 19.1 Å². The molecular weight excluding hydrogens is 265 g/mol. The van der Waals surface area contributed by atoms with Gasteiger partial charge in [0.1, 0.15) is 17.3 Å². The second kappa shape index (κ2) is 5.86. The van der Waals surface area contributed by atoms with Crippen molar-refractivity contribution >= 4 is 0 Å². The van der Waals surface area contributed by atoms with Gasteiger partial charge in [0.25, 0.3) is 0 Å². The standard InChI is InChI=1S/C18H20FNO/c1-12-3-8-18(14(9-12)11-20-15-5-6-15)21-16-7-4-13(2)17(19)10-16/h3-4,7-10,15,20H,5-6,11H2,1-2H3. The zero-order chi connectivity index (χ0) is 14.8. The Balaban J connectivity index is 1.80. The Bertz CT molecular complexity index is 650. The van der Waals surface area contributed by atoms with E-state index in [4.69, 9.17) is 4.74 Å². The van der Waals surface area contributed by atoms with Gasteiger partial charge in [0, 0.05) is 24.2 Å². The minimum absolute atomic E-state index is 0.239. The van der Waals surface area contributed by atoms with Gasteiger partial charge in [-0.05, 0) is 44.4 Å². The monoisotopic (exact) mass is 285 g/mol. The fourth-order valence-electron chi connectivity index (χ4n) is 2.25. The largest absolute Gasteiger partial charge is 0.457 e. The van der Waals surface area contributed by atoms with Crippen LogP contribution >= 0.6 is 0 Å². The molecule has 0 unspecified atom stereocenters. The second-order valence-electron chi connectivity index (χ2n) is 5.78. The molecule has 0 atom stereocenters. The first-order valence-corrected chi connectivity index (χ1v) is 7.39. The Kier molecular flexibility index (Phi) is 3.93. The summed E-state index contributed by atoms with van der Waals surface area (Å²) in [6.07, 6.45) is 2.51. The van der Waals surface area contributed by atoms with E-state index < -0.39 is 0 Å². The maximum atomic E-state index is 13.6. The quantitative estimate of drug-likeness (QED) is 0.874. The molecule has 110 valence electrons. The summed E-state index contributed by atoms with van der Waals surface area (Å²) in [5.41, 5.74) is 2.94. The maximum Gasteiger partial charge on any atom is 0.131 e. The Morgan fingerprint density at radius 1 is 1.14 bits per heavy atom. The van der Waals surface area contributed by atoms with Crippen molar-refractivity contribution in [1.82, 2.24) is 5.32 Å². The van der Waals surface area contributed by atoms with Crippen LogP contribution in [0.3, 0.4) is 0 Å². The van der Waals surface area contributed by atoms with Gasteiger partial charge in [-0.15, -0.1) is 0 Å². The molecule has 0 radical (unpaired) electrons. The predicted molar refractivity (Wildman–Crippen MR) is 82.3 cm³/mol. The van der Waals surface area contributed by atoms with E-state index >= 15 is 0 Å². The number of hydrogen-bond acceptors (Lipinski definition) is 2. The molecular formula is C18H20FNO. The van der Waals surface area contributed by atoms with Crippen LogP contribution in [0.2, 0.25) is 0 Å². The molecule has 2 nitrogen and oxygen atoms in total. The van der Waals surface area contributed by atoms with Gasteiger partial charge in [0.15, 0.2) is 0 Å². The molecule has 0 aliphatic heterocycles. The second-order valence-corrected chi connectivity index (χ2v) is 5.78. The van der Waals surface area contributed by atoms with Gasteiger partial charge in [-0.25, -0.2) is 4.39 Å². The molecule has 0 saturated heterocycles. The molecule has 2 aromatic carbocycles. The molecule has 1 aliphatic carbocycles. The first-order valence-electron chi connectivity index (χ1n) is 7.39. The fourth-order valence-corrected chi connectivity index (χ4v) is 2.25. The summed E-state index contributed by atoms with van der Waals surface area (Å²) in [7, 11) is 0. The number of nitrogens with one attached hydrogen (secondary N) is 1. The Hall–Kier alpha value is -1.87. The lowest BCUT2D eigenvalue weighted by atomic mass is 10.1. The predicted octanol–water partition coefficient (Wildman–Crippen LogP) is 4.49. The van der Waals surface area contributed by atoms with Crippen molar-refractivity contribution in [2.75, 3.05) is 0 Å². The lowest BCUT2D eigenvalue weighted by Crippen LogP contribution is -2.15. The Labute approximate surface area is 125 Å². The highest BCUT2D eigenvalue weighted by atomic mass is 19.1. The minimum Gasteiger partial charge on any atom is -0.457 e. The molecule has 2 aromatic rings. The third kappa shape index (κ3) is 3.61. The SMILES string of the molecule is Cc1ccc(Oc2ccc(C)c(F)c2)c(CNC2CC2)c1. The van der Waals surface area contributed by atoms with Crippen LogP contribution in [-0.4, -0.2) is 6.04 Å². The van der Waals surface area contributed by atoms with E-state index in [0.29, 0.717) is 17.4 Å². The molecule has 1 aliphatic rings. The van der Waals surface area contributed by atoms with Gasteiger partial charge < -0.3 is 10.1 Å². The third-order valence-electron chi connectivity index (χ3n) is 3.75. The average molecular weight is 285 g/mol. The summed E-state index contributed by atoms with van der Waals surface area (Å²) in [4.78, 5) is 0. The molecule has 3 heteroatoms. The van der Waals surface area contributed by atoms with Gasteiger partial charge in [0.05, 0.1) is 0 Å². The van der Waals surface area contributed by atoms with E-state index in [9.17, 15) is 4.39 Å². The molecule has 0 aromatic heterocycles. The van der Waals surface area contributed by atoms with E-state index in [-0.39, 0.29) is 5.82 Å². The van der Waals surface area contributed by atoms with E-state index in [0.717, 1.165) is 17.9 Å². The minimum atomic E-state index is -0.239. The number of ether oxygens (including phenoxy) is 1. The van der Waals surface area contributed by atoms with Crippen LogP contribution in [0.4, 0.5) is 4.39 Å². The van der Waals surface area contributed by atoms with E-state index in [1.807, 2.05) is 12.1 Å². The fraction of sp³-hybridized carbons (Fsp3) is 0.333. The van der Waals surface area contributed by atoms with Crippen LogP contribution in [0, 0.1) is 19.7 Å². The van der Waals surface area contributed by atoms with Crippen LogP contribution in [-0.2, 0) is 6.54 Å². The molecule has 0 spiro atoms. The molecule has 0 amide bonds. The van der Waals surface area contributed by atoms with Crippen LogP contribution in [0.15, 0.2) is 36.4 Å². The number of aryl methyl sites for hydroxylation is 2. The van der Waals surface area contributed by atoms with Crippen LogP contribution in [0.25, 0.3) is 0 Å². The Morgan fingerprint density at radius 2 is 1.95 bits per heavy atom. The smallest absolute Gasteiger partial charge is 0.131 e. The number of rotatable bonds is 5. The molecule has 0 bridgehead atoms. The highest BCUT2D eigenvalue weighted by Crippen LogP contribution is 2.28. The average Bonchev–Trinajstić information content (AvgIpc) is 3.27. The molecule has 0 heterocycles. The zero-order valence-electron chi connectivity index (χ0n) is 12.4. The highest BCUT2D eigenvalue weighted by Gasteiger charge is 2.20. The lowest BCUT2D eigenvalue weighted by Gasteiger charge is -2.13. The van der Waals surface area contributed by atoms with Crippen molar-refractivity contribution in [3.8, 4) is 11.5 Å². The molecule has 1 N–H and O–H groups in total. The topological polar surface area (TPSA) is 21.3 Å². The summed E-state index contributed by atoms with van der Waals surface area (Å²) in [5.74, 6) is 1.09. The van der Waals surface area contributed by atoms with Crippen molar-refractivity contribution in [2.45, 2.75) is 39.3 Å². The van der Waals surface area contributed by atoms with Gasteiger partial charge >= 0.3 is 0 Å². The molecule has 1 saturated carbocycles. The zero-order valence-corrected chi connectivity index (χ0v) is 12.4. The van der Waals surface area contributed by atoms with Crippen LogP contribution in [0.1, 0.15) is 29.5 Å². The summed E-state index contributed by atoms with van der Waals surface area (Å²) >= 11 is 0. The van der Waals surface area contributed by atoms with Gasteiger partial charge in [0.2, 0.25) is 0 Å².